The number of carboxylic acids is 1. The maximum atomic E-state index is 14.6. The molecule has 15 N–H and O–H groups in total. The van der Waals surface area contributed by atoms with Crippen molar-refractivity contribution in [1.82, 2.24) is 62.8 Å². The van der Waals surface area contributed by atoms with Crippen LogP contribution in [-0.4, -0.2) is 146 Å². The molecule has 7 atom stereocenters. The van der Waals surface area contributed by atoms with Crippen molar-refractivity contribution < 1.29 is 48.3 Å². The number of hydrogen-bond acceptors (Lipinski definition) is 13. The summed E-state index contributed by atoms with van der Waals surface area (Å²) in [5.74, 6) is -7.56. The number of unbranched alkanes of at least 4 members (excludes halogenated alkanes) is 1. The summed E-state index contributed by atoms with van der Waals surface area (Å²) < 4.78 is 0. The quantitative estimate of drug-likeness (QED) is 0.0290. The van der Waals surface area contributed by atoms with E-state index in [-0.39, 0.29) is 75.5 Å². The van der Waals surface area contributed by atoms with Crippen molar-refractivity contribution in [3.05, 3.63) is 90.1 Å². The van der Waals surface area contributed by atoms with Crippen LogP contribution in [0.15, 0.2) is 73.3 Å². The van der Waals surface area contributed by atoms with Crippen LogP contribution in [-0.2, 0) is 62.4 Å². The molecular formula is C50H68N14O10S2. The maximum Gasteiger partial charge on any atom is 0.327 e. The standard InChI is InChI=1S/C50H68N14O10S2/c1-3-4-15-35(58-29(2)65)44(68)63-40-26-75-76-27-41(49(73)74)64-47(71)38(22-31-24-56-34-16-9-8-14-33(31)34)62-45(69)36(17-10-20-55-50(51)52)60-46(70)37(21-30-12-6-5-7-13-30)61-48(72)39(23-32-25-53-28-57-32)59-42(66)18-11-19-54-43(40)67/h5-9,12-14,16,24-25,28,35-41,56H,3-4,10-11,15,17-23,26-27H2,1-2H3,(H,53,57)(H,54,67)(H,58,65)(H,59,66)(H,60,70)(H,61,72)(H,62,69)(H,63,68)(H,64,71)(H,73,74)(H4,51,52,55)/t35-,36-,37+,38-,39-,40-,41-/m0/s1. The molecule has 1 aliphatic heterocycles. The number of guanidine groups is 1. The van der Waals surface area contributed by atoms with Gasteiger partial charge >= 0.3 is 5.97 Å². The fraction of sp³-hybridized carbons (Fsp3) is 0.460. The maximum absolute atomic E-state index is 14.6. The number of benzene rings is 2. The first-order chi connectivity index (χ1) is 36.5. The van der Waals surface area contributed by atoms with Crippen LogP contribution in [0.5, 0.6) is 0 Å². The number of nitrogens with one attached hydrogen (secondary N) is 12. The molecule has 1 saturated heterocycles. The highest BCUT2D eigenvalue weighted by Crippen LogP contribution is 2.24. The lowest BCUT2D eigenvalue weighted by molar-refractivity contribution is -0.141. The number of fused-ring (bicyclic) bond motifs is 1. The second-order valence-electron chi connectivity index (χ2n) is 18.1. The van der Waals surface area contributed by atoms with E-state index in [1.165, 1.54) is 13.3 Å². The number of aliphatic carboxylic acids is 1. The van der Waals surface area contributed by atoms with Crippen LogP contribution >= 0.6 is 21.6 Å². The molecule has 1 aliphatic rings. The number of imidazole rings is 1. The van der Waals surface area contributed by atoms with Gasteiger partial charge in [-0.05, 0) is 42.9 Å². The van der Waals surface area contributed by atoms with Crippen LogP contribution in [0.2, 0.25) is 0 Å². The number of amides is 8. The molecule has 4 aromatic rings. The summed E-state index contributed by atoms with van der Waals surface area (Å²) in [5, 5.41) is 43.0. The number of hydrogen-bond donors (Lipinski definition) is 14. The van der Waals surface area contributed by atoms with Crippen molar-refractivity contribution in [2.45, 2.75) is 120 Å². The van der Waals surface area contributed by atoms with Crippen LogP contribution in [0, 0.1) is 5.41 Å². The highest BCUT2D eigenvalue weighted by atomic mass is 33.1. The zero-order chi connectivity index (χ0) is 55.0. The molecule has 8 amide bonds. The van der Waals surface area contributed by atoms with E-state index in [1.807, 2.05) is 25.1 Å². The second kappa shape index (κ2) is 30.7. The van der Waals surface area contributed by atoms with Gasteiger partial charge in [0.2, 0.25) is 47.3 Å². The molecule has 0 aliphatic carbocycles. The molecule has 26 heteroatoms. The van der Waals surface area contributed by atoms with Gasteiger partial charge in [-0.25, -0.2) is 9.78 Å². The normalized spacial score (nSPS) is 21.4. The highest BCUT2D eigenvalue weighted by molar-refractivity contribution is 8.76. The lowest BCUT2D eigenvalue weighted by Crippen LogP contribution is -2.59. The number of aromatic nitrogens is 3. The van der Waals surface area contributed by atoms with Crippen LogP contribution in [0.1, 0.15) is 75.6 Å². The van der Waals surface area contributed by atoms with Crippen LogP contribution < -0.4 is 53.6 Å². The summed E-state index contributed by atoms with van der Waals surface area (Å²) in [7, 11) is 2.04. The average Bonchev–Trinajstić information content (AvgIpc) is 4.07. The third-order valence-electron chi connectivity index (χ3n) is 12.1. The number of carboxylic acid groups (broad SMARTS) is 1. The van der Waals surface area contributed by atoms with Gasteiger partial charge in [0, 0.05) is 80.5 Å². The fourth-order valence-corrected chi connectivity index (χ4v) is 10.5. The van der Waals surface area contributed by atoms with E-state index < -0.39 is 95.5 Å². The molecule has 0 spiro atoms. The van der Waals surface area contributed by atoms with Gasteiger partial charge in [-0.15, -0.1) is 0 Å². The molecule has 0 radical (unpaired) electrons. The Labute approximate surface area is 447 Å². The Morgan fingerprint density at radius 1 is 0.803 bits per heavy atom. The van der Waals surface area contributed by atoms with Crippen molar-refractivity contribution in [3.8, 4) is 0 Å². The Kier molecular flexibility index (Phi) is 23.9. The minimum Gasteiger partial charge on any atom is -0.480 e. The molecule has 410 valence electrons. The number of carbonyl (C=O) groups excluding carboxylic acids is 8. The van der Waals surface area contributed by atoms with Crippen molar-refractivity contribution in [3.63, 3.8) is 0 Å². The number of H-pyrrole nitrogens is 2. The van der Waals surface area contributed by atoms with E-state index in [2.05, 4.69) is 62.8 Å². The predicted molar refractivity (Wildman–Crippen MR) is 287 cm³/mol. The SMILES string of the molecule is CCCC[C@H](NC(C)=O)C(=O)N[C@H]1CSSC[C@@H](C(=O)O)NC(=O)[C@H](Cc2c[nH]c3ccccc23)NC(=O)[C@H](CCCNC(=N)N)NC(=O)[C@@H](Cc2ccccc2)NC(=O)[C@H](Cc2c[nH]cn2)NC(=O)CCCNC1=O. The minimum atomic E-state index is -1.53. The Hall–Kier alpha value is -7.61. The van der Waals surface area contributed by atoms with Gasteiger partial charge in [-0.2, -0.15) is 0 Å². The first-order valence-electron chi connectivity index (χ1n) is 25.0. The van der Waals surface area contributed by atoms with Crippen molar-refractivity contribution in [1.29, 1.82) is 5.41 Å². The molecule has 24 nitrogen and oxygen atoms in total. The summed E-state index contributed by atoms with van der Waals surface area (Å²) in [6.07, 6.45) is 6.00. The summed E-state index contributed by atoms with van der Waals surface area (Å²) in [6, 6.07) is 6.94. The van der Waals surface area contributed by atoms with Crippen molar-refractivity contribution >= 4 is 91.7 Å². The summed E-state index contributed by atoms with van der Waals surface area (Å²) >= 11 is 0. The Balaban J connectivity index is 1.51. The van der Waals surface area contributed by atoms with Gasteiger partial charge in [0.05, 0.1) is 12.0 Å². The Morgan fingerprint density at radius 3 is 2.14 bits per heavy atom. The number of aromatic amines is 2. The largest absolute Gasteiger partial charge is 0.480 e. The van der Waals surface area contributed by atoms with Crippen molar-refractivity contribution in [2.75, 3.05) is 24.6 Å². The second-order valence-corrected chi connectivity index (χ2v) is 20.7. The van der Waals surface area contributed by atoms with Gasteiger partial charge in [-0.3, -0.25) is 43.8 Å². The Morgan fingerprint density at radius 2 is 1.46 bits per heavy atom. The molecule has 0 unspecified atom stereocenters. The fourth-order valence-electron chi connectivity index (χ4n) is 8.13. The number of nitrogens with zero attached hydrogens (tertiary/aromatic N) is 1. The predicted octanol–water partition coefficient (Wildman–Crippen LogP) is 0.162. The van der Waals surface area contributed by atoms with Crippen molar-refractivity contribution in [2.24, 2.45) is 5.73 Å². The van der Waals surface area contributed by atoms with Crippen LogP contribution in [0.4, 0.5) is 0 Å². The topological polar surface area (TPSA) is 376 Å². The van der Waals surface area contributed by atoms with Gasteiger partial charge in [0.15, 0.2) is 5.96 Å². The molecule has 0 bridgehead atoms. The minimum absolute atomic E-state index is 0.0392. The molecule has 5 rings (SSSR count). The third kappa shape index (κ3) is 19.6. The summed E-state index contributed by atoms with van der Waals surface area (Å²) in [4.78, 5) is 134. The zero-order valence-electron chi connectivity index (χ0n) is 42.3. The van der Waals surface area contributed by atoms with Gasteiger partial charge in [0.25, 0.3) is 0 Å². The molecule has 2 aromatic heterocycles. The van der Waals surface area contributed by atoms with E-state index in [0.29, 0.717) is 29.7 Å². The summed E-state index contributed by atoms with van der Waals surface area (Å²) in [6.45, 7) is 3.28. The van der Waals surface area contributed by atoms with Gasteiger partial charge in [-0.1, -0.05) is 89.9 Å². The van der Waals surface area contributed by atoms with E-state index >= 15 is 0 Å². The molecular weight excluding hydrogens is 1020 g/mol. The van der Waals surface area contributed by atoms with E-state index in [1.54, 1.807) is 48.8 Å². The molecule has 0 saturated carbocycles. The smallest absolute Gasteiger partial charge is 0.327 e. The molecule has 76 heavy (non-hydrogen) atoms. The van der Waals surface area contributed by atoms with Crippen LogP contribution in [0.25, 0.3) is 10.9 Å². The van der Waals surface area contributed by atoms with Gasteiger partial charge < -0.3 is 68.7 Å². The van der Waals surface area contributed by atoms with Crippen LogP contribution in [0.3, 0.4) is 0 Å². The average molecular weight is 1090 g/mol. The Bertz CT molecular complexity index is 2620. The first-order valence-corrected chi connectivity index (χ1v) is 27.5. The summed E-state index contributed by atoms with van der Waals surface area (Å²) in [5.41, 5.74) is 7.91. The lowest BCUT2D eigenvalue weighted by atomic mass is 10.0. The molecule has 3 heterocycles. The lowest BCUT2D eigenvalue weighted by Gasteiger charge is -2.27. The van der Waals surface area contributed by atoms with Gasteiger partial charge in [0.1, 0.15) is 42.3 Å². The number of para-hydroxylation sites is 1. The molecule has 2 aromatic carbocycles. The first kappa shape index (κ1) is 59.3. The third-order valence-corrected chi connectivity index (χ3v) is 14.5. The number of carbonyl (C=O) groups is 9. The van der Waals surface area contributed by atoms with E-state index in [4.69, 9.17) is 11.1 Å². The van der Waals surface area contributed by atoms with E-state index in [9.17, 15) is 48.3 Å². The number of rotatable bonds is 17. The highest BCUT2D eigenvalue weighted by Gasteiger charge is 2.34. The monoisotopic (exact) mass is 1090 g/mol. The zero-order valence-corrected chi connectivity index (χ0v) is 44.0. The molecule has 1 fully saturated rings. The number of nitrogens with two attached hydrogens (primary N) is 1. The van der Waals surface area contributed by atoms with E-state index in [0.717, 1.165) is 38.9 Å².